The Morgan fingerprint density at radius 1 is 1.38 bits per heavy atom. The van der Waals surface area contributed by atoms with Gasteiger partial charge >= 0.3 is 0 Å². The van der Waals surface area contributed by atoms with E-state index in [1.165, 1.54) is 31.9 Å². The Kier molecular flexibility index (Phi) is 2.67. The molecule has 2 N–H and O–H groups in total. The first-order chi connectivity index (χ1) is 6.42. The van der Waals surface area contributed by atoms with Gasteiger partial charge in [-0.1, -0.05) is 0 Å². The molecule has 0 bridgehead atoms. The zero-order valence-corrected chi connectivity index (χ0v) is 8.02. The molecule has 0 radical (unpaired) electrons. The van der Waals surface area contributed by atoms with Gasteiger partial charge in [0.15, 0.2) is 0 Å². The van der Waals surface area contributed by atoms with E-state index in [1.54, 1.807) is 12.3 Å². The first kappa shape index (κ1) is 8.79. The SMILES string of the molecule is N/C=C\C=NCC[C@H]1CC1C1CC1. The third-order valence-corrected chi connectivity index (χ3v) is 3.14. The van der Waals surface area contributed by atoms with Crippen LogP contribution in [0.1, 0.15) is 25.7 Å². The molecule has 0 aromatic heterocycles. The Morgan fingerprint density at radius 2 is 2.23 bits per heavy atom. The zero-order valence-electron chi connectivity index (χ0n) is 8.02. The molecule has 13 heavy (non-hydrogen) atoms. The number of allylic oxidation sites excluding steroid dienone is 1. The van der Waals surface area contributed by atoms with Gasteiger partial charge in [-0.2, -0.15) is 0 Å². The molecule has 0 aromatic carbocycles. The first-order valence-corrected chi connectivity index (χ1v) is 5.28. The van der Waals surface area contributed by atoms with E-state index in [9.17, 15) is 0 Å². The minimum atomic E-state index is 0.984. The van der Waals surface area contributed by atoms with Crippen molar-refractivity contribution in [2.24, 2.45) is 28.5 Å². The number of nitrogens with two attached hydrogens (primary N) is 1. The number of hydrogen-bond donors (Lipinski definition) is 1. The molecule has 0 amide bonds. The number of aliphatic imine (C=N–C) groups is 1. The van der Waals surface area contributed by atoms with Crippen LogP contribution in [0.2, 0.25) is 0 Å². The van der Waals surface area contributed by atoms with Crippen molar-refractivity contribution in [2.75, 3.05) is 6.54 Å². The normalized spacial score (nSPS) is 33.2. The molecule has 0 spiro atoms. The molecule has 0 saturated heterocycles. The molecule has 2 saturated carbocycles. The van der Waals surface area contributed by atoms with E-state index >= 15 is 0 Å². The molecule has 0 aliphatic heterocycles. The lowest BCUT2D eigenvalue weighted by molar-refractivity contribution is 0.600. The molecule has 2 atom stereocenters. The molecule has 72 valence electrons. The van der Waals surface area contributed by atoms with Gasteiger partial charge in [0.1, 0.15) is 0 Å². The maximum Gasteiger partial charge on any atom is 0.0392 e. The minimum absolute atomic E-state index is 0.984. The summed E-state index contributed by atoms with van der Waals surface area (Å²) in [6.45, 7) is 0.984. The molecule has 2 aliphatic rings. The number of nitrogens with zero attached hydrogens (tertiary/aromatic N) is 1. The third kappa shape index (κ3) is 2.58. The van der Waals surface area contributed by atoms with E-state index in [4.69, 9.17) is 5.73 Å². The molecule has 2 nitrogen and oxygen atoms in total. The molecule has 1 unspecified atom stereocenters. The Hall–Kier alpha value is -0.790. The van der Waals surface area contributed by atoms with Crippen molar-refractivity contribution in [3.8, 4) is 0 Å². The van der Waals surface area contributed by atoms with Crippen LogP contribution in [0.4, 0.5) is 0 Å². The summed E-state index contributed by atoms with van der Waals surface area (Å²) in [6, 6.07) is 0. The van der Waals surface area contributed by atoms with Crippen molar-refractivity contribution in [3.63, 3.8) is 0 Å². The van der Waals surface area contributed by atoms with Crippen LogP contribution in [0.25, 0.3) is 0 Å². The van der Waals surface area contributed by atoms with E-state index in [0.29, 0.717) is 0 Å². The maximum atomic E-state index is 5.18. The molecule has 0 heterocycles. The fourth-order valence-electron chi connectivity index (χ4n) is 2.13. The van der Waals surface area contributed by atoms with Crippen LogP contribution in [-0.4, -0.2) is 12.8 Å². The van der Waals surface area contributed by atoms with Gasteiger partial charge in [-0.3, -0.25) is 4.99 Å². The van der Waals surface area contributed by atoms with Crippen LogP contribution in [0, 0.1) is 17.8 Å². The second-order valence-electron chi connectivity index (χ2n) is 4.23. The summed E-state index contributed by atoms with van der Waals surface area (Å²) in [7, 11) is 0. The lowest BCUT2D eigenvalue weighted by atomic mass is 10.2. The fraction of sp³-hybridized carbons (Fsp3) is 0.727. The van der Waals surface area contributed by atoms with Crippen LogP contribution >= 0.6 is 0 Å². The second-order valence-corrected chi connectivity index (χ2v) is 4.23. The van der Waals surface area contributed by atoms with Gasteiger partial charge in [0.05, 0.1) is 0 Å². The number of rotatable bonds is 5. The van der Waals surface area contributed by atoms with Crippen molar-refractivity contribution in [3.05, 3.63) is 12.3 Å². The highest BCUT2D eigenvalue weighted by molar-refractivity contribution is 5.70. The van der Waals surface area contributed by atoms with Gasteiger partial charge in [0.2, 0.25) is 0 Å². The van der Waals surface area contributed by atoms with Gasteiger partial charge in [-0.25, -0.2) is 0 Å². The lowest BCUT2D eigenvalue weighted by Crippen LogP contribution is -1.88. The smallest absolute Gasteiger partial charge is 0.0392 e. The Labute approximate surface area is 79.9 Å². The summed E-state index contributed by atoms with van der Waals surface area (Å²) in [5.41, 5.74) is 5.18. The summed E-state index contributed by atoms with van der Waals surface area (Å²) < 4.78 is 0. The van der Waals surface area contributed by atoms with E-state index in [1.807, 2.05) is 0 Å². The highest BCUT2D eigenvalue weighted by Gasteiger charge is 2.46. The standard InChI is InChI=1S/C11H18N2/c12-5-1-6-13-7-4-10-8-11(10)9-2-3-9/h1,5-6,9-11H,2-4,7-8,12H2/b5-1-,13-6?/t10-,11?/m0/s1. The third-order valence-electron chi connectivity index (χ3n) is 3.14. The second kappa shape index (κ2) is 3.95. The lowest BCUT2D eigenvalue weighted by Gasteiger charge is -1.93. The van der Waals surface area contributed by atoms with Crippen LogP contribution in [-0.2, 0) is 0 Å². The van der Waals surface area contributed by atoms with Gasteiger partial charge < -0.3 is 5.73 Å². The van der Waals surface area contributed by atoms with Crippen LogP contribution in [0.5, 0.6) is 0 Å². The van der Waals surface area contributed by atoms with Gasteiger partial charge in [0.25, 0.3) is 0 Å². The van der Waals surface area contributed by atoms with E-state index in [0.717, 1.165) is 24.3 Å². The topological polar surface area (TPSA) is 38.4 Å². The van der Waals surface area contributed by atoms with Crippen molar-refractivity contribution in [2.45, 2.75) is 25.7 Å². The molecular formula is C11H18N2. The van der Waals surface area contributed by atoms with E-state index in [2.05, 4.69) is 4.99 Å². The molecule has 2 heteroatoms. The quantitative estimate of drug-likeness (QED) is 0.642. The van der Waals surface area contributed by atoms with Crippen molar-refractivity contribution in [1.82, 2.24) is 0 Å². The highest BCUT2D eigenvalue weighted by atomic mass is 14.7. The van der Waals surface area contributed by atoms with E-state index in [-0.39, 0.29) is 0 Å². The fourth-order valence-corrected chi connectivity index (χ4v) is 2.13. The minimum Gasteiger partial charge on any atom is -0.405 e. The summed E-state index contributed by atoms with van der Waals surface area (Å²) in [5, 5.41) is 0. The molecule has 0 aromatic rings. The molecule has 2 aliphatic carbocycles. The monoisotopic (exact) mass is 178 g/mol. The summed E-state index contributed by atoms with van der Waals surface area (Å²) in [4.78, 5) is 4.26. The van der Waals surface area contributed by atoms with Crippen LogP contribution in [0.3, 0.4) is 0 Å². The number of hydrogen-bond acceptors (Lipinski definition) is 2. The summed E-state index contributed by atoms with van der Waals surface area (Å²) in [6.07, 6.45) is 10.9. The maximum absolute atomic E-state index is 5.18. The Bertz CT molecular complexity index is 216. The molecule has 2 fully saturated rings. The Morgan fingerprint density at radius 3 is 2.92 bits per heavy atom. The van der Waals surface area contributed by atoms with Gasteiger partial charge in [-0.15, -0.1) is 0 Å². The molecular weight excluding hydrogens is 160 g/mol. The Balaban J connectivity index is 1.54. The van der Waals surface area contributed by atoms with Gasteiger partial charge in [0, 0.05) is 12.8 Å². The largest absolute Gasteiger partial charge is 0.405 e. The van der Waals surface area contributed by atoms with Crippen molar-refractivity contribution in [1.29, 1.82) is 0 Å². The van der Waals surface area contributed by atoms with Crippen molar-refractivity contribution >= 4 is 6.21 Å². The van der Waals surface area contributed by atoms with Crippen LogP contribution in [0.15, 0.2) is 17.3 Å². The summed E-state index contributed by atoms with van der Waals surface area (Å²) in [5.74, 6) is 3.20. The van der Waals surface area contributed by atoms with Crippen molar-refractivity contribution < 1.29 is 0 Å². The zero-order chi connectivity index (χ0) is 9.10. The molecule has 2 rings (SSSR count). The highest BCUT2D eigenvalue weighted by Crippen LogP contribution is 2.55. The predicted octanol–water partition coefficient (Wildman–Crippen LogP) is 1.97. The average molecular weight is 178 g/mol. The summed E-state index contributed by atoms with van der Waals surface area (Å²) >= 11 is 0. The van der Waals surface area contributed by atoms with E-state index < -0.39 is 0 Å². The predicted molar refractivity (Wildman–Crippen MR) is 55.6 cm³/mol. The van der Waals surface area contributed by atoms with Crippen LogP contribution < -0.4 is 5.73 Å². The average Bonchev–Trinajstić information content (AvgIpc) is 2.98. The van der Waals surface area contributed by atoms with Gasteiger partial charge in [-0.05, 0) is 55.7 Å². The first-order valence-electron chi connectivity index (χ1n) is 5.28.